The zero-order valence-corrected chi connectivity index (χ0v) is 19.8. The quantitative estimate of drug-likeness (QED) is 0.348. The molecule has 168 valence electrons. The fourth-order valence-corrected chi connectivity index (χ4v) is 3.65. The number of nitrogens with one attached hydrogen (secondary N) is 2. The van der Waals surface area contributed by atoms with Crippen molar-refractivity contribution in [3.8, 4) is 11.5 Å². The molecular formula is C27H27N3O2S. The number of carbonyl (C=O) groups excluding carboxylic acids is 1. The molecule has 0 aliphatic carbocycles. The molecule has 0 aliphatic heterocycles. The number of aromatic nitrogens is 1. The number of oxazole rings is 1. The van der Waals surface area contributed by atoms with Crippen molar-refractivity contribution in [1.82, 2.24) is 15.6 Å². The Labute approximate surface area is 199 Å². The summed E-state index contributed by atoms with van der Waals surface area (Å²) in [7, 11) is 0. The van der Waals surface area contributed by atoms with Gasteiger partial charge in [-0.3, -0.25) is 10.1 Å². The standard InChI is InChI=1S/C27H27N3O2S/c1-4-18-5-9-20(10-6-18)25(31)30-27(33)28-16-19-7-11-21(12-8-19)26-29-23-15-22(17(2)3)13-14-24(23)32-26/h5-15,17H,4,16H2,1-3H3,(H2,28,30,31,33). The molecule has 0 fully saturated rings. The molecule has 0 saturated heterocycles. The van der Waals surface area contributed by atoms with Gasteiger partial charge < -0.3 is 9.73 Å². The minimum atomic E-state index is -0.220. The van der Waals surface area contributed by atoms with Gasteiger partial charge in [-0.2, -0.15) is 0 Å². The Morgan fingerprint density at radius 1 is 1.00 bits per heavy atom. The minimum absolute atomic E-state index is 0.220. The van der Waals surface area contributed by atoms with Crippen LogP contribution in [0.15, 0.2) is 71.1 Å². The average Bonchev–Trinajstić information content (AvgIpc) is 3.26. The van der Waals surface area contributed by atoms with Gasteiger partial charge in [-0.05, 0) is 77.6 Å². The van der Waals surface area contributed by atoms with E-state index in [1.807, 2.05) is 54.6 Å². The predicted octanol–water partition coefficient (Wildman–Crippen LogP) is 5.99. The summed E-state index contributed by atoms with van der Waals surface area (Å²) in [5.74, 6) is 0.822. The van der Waals surface area contributed by atoms with Gasteiger partial charge in [0.2, 0.25) is 5.89 Å². The van der Waals surface area contributed by atoms with Crippen LogP contribution in [0.4, 0.5) is 0 Å². The Balaban J connectivity index is 1.35. The van der Waals surface area contributed by atoms with Crippen LogP contribution >= 0.6 is 12.2 Å². The number of nitrogens with zero attached hydrogens (tertiary/aromatic N) is 1. The number of amides is 1. The molecule has 5 nitrogen and oxygen atoms in total. The summed E-state index contributed by atoms with van der Waals surface area (Å²) in [6, 6.07) is 21.6. The third kappa shape index (κ3) is 5.46. The van der Waals surface area contributed by atoms with E-state index in [9.17, 15) is 4.79 Å². The summed E-state index contributed by atoms with van der Waals surface area (Å²) >= 11 is 5.28. The lowest BCUT2D eigenvalue weighted by Gasteiger charge is -2.10. The Morgan fingerprint density at radius 2 is 1.70 bits per heavy atom. The van der Waals surface area contributed by atoms with Crippen LogP contribution < -0.4 is 10.6 Å². The Kier molecular flexibility index (Phi) is 6.84. The second kappa shape index (κ2) is 9.96. The maximum Gasteiger partial charge on any atom is 0.257 e. The van der Waals surface area contributed by atoms with Crippen molar-refractivity contribution in [2.45, 2.75) is 39.7 Å². The van der Waals surface area contributed by atoms with Gasteiger partial charge in [0.1, 0.15) is 5.52 Å². The fourth-order valence-electron chi connectivity index (χ4n) is 3.49. The number of fused-ring (bicyclic) bond motifs is 1. The Bertz CT molecular complexity index is 1280. The highest BCUT2D eigenvalue weighted by Crippen LogP contribution is 2.27. The van der Waals surface area contributed by atoms with Gasteiger partial charge in [-0.25, -0.2) is 4.98 Å². The molecule has 6 heteroatoms. The predicted molar refractivity (Wildman–Crippen MR) is 136 cm³/mol. The molecule has 0 spiro atoms. The number of hydrogen-bond donors (Lipinski definition) is 2. The molecule has 2 N–H and O–H groups in total. The average molecular weight is 458 g/mol. The fraction of sp³-hybridized carbons (Fsp3) is 0.222. The van der Waals surface area contributed by atoms with Gasteiger partial charge in [0.15, 0.2) is 10.7 Å². The number of carbonyl (C=O) groups is 1. The first-order valence-corrected chi connectivity index (χ1v) is 11.5. The van der Waals surface area contributed by atoms with Crippen LogP contribution in [-0.2, 0) is 13.0 Å². The third-order valence-electron chi connectivity index (χ3n) is 5.58. The van der Waals surface area contributed by atoms with Crippen molar-refractivity contribution in [1.29, 1.82) is 0 Å². The van der Waals surface area contributed by atoms with Crippen LogP contribution in [0.3, 0.4) is 0 Å². The van der Waals surface area contributed by atoms with Crippen molar-refractivity contribution >= 4 is 34.3 Å². The SMILES string of the molecule is CCc1ccc(C(=O)NC(=S)NCc2ccc(-c3nc4cc(C(C)C)ccc4o3)cc2)cc1. The van der Waals surface area contributed by atoms with Crippen molar-refractivity contribution in [3.05, 3.63) is 89.0 Å². The van der Waals surface area contributed by atoms with Crippen molar-refractivity contribution in [2.75, 3.05) is 0 Å². The van der Waals surface area contributed by atoms with Crippen molar-refractivity contribution < 1.29 is 9.21 Å². The van der Waals surface area contributed by atoms with E-state index in [4.69, 9.17) is 16.6 Å². The van der Waals surface area contributed by atoms with Crippen LogP contribution in [0, 0.1) is 0 Å². The molecule has 0 atom stereocenters. The lowest BCUT2D eigenvalue weighted by atomic mass is 10.0. The second-order valence-electron chi connectivity index (χ2n) is 8.29. The first-order chi connectivity index (χ1) is 15.9. The molecule has 0 radical (unpaired) electrons. The highest BCUT2D eigenvalue weighted by atomic mass is 32.1. The molecule has 4 rings (SSSR count). The summed E-state index contributed by atoms with van der Waals surface area (Å²) in [6.07, 6.45) is 0.937. The first-order valence-electron chi connectivity index (χ1n) is 11.1. The maximum absolute atomic E-state index is 12.3. The lowest BCUT2D eigenvalue weighted by Crippen LogP contribution is -2.38. The van der Waals surface area contributed by atoms with Crippen LogP contribution in [-0.4, -0.2) is 16.0 Å². The van der Waals surface area contributed by atoms with Crippen LogP contribution in [0.1, 0.15) is 53.7 Å². The van der Waals surface area contributed by atoms with E-state index in [0.29, 0.717) is 29.0 Å². The van der Waals surface area contributed by atoms with Crippen LogP contribution in [0.5, 0.6) is 0 Å². The third-order valence-corrected chi connectivity index (χ3v) is 5.83. The topological polar surface area (TPSA) is 67.2 Å². The Hall–Kier alpha value is -3.51. The summed E-state index contributed by atoms with van der Waals surface area (Å²) in [5, 5.41) is 6.10. The number of benzene rings is 3. The highest BCUT2D eigenvalue weighted by molar-refractivity contribution is 7.80. The molecule has 1 amide bonds. The molecular weight excluding hydrogens is 430 g/mol. The zero-order valence-electron chi connectivity index (χ0n) is 19.0. The maximum atomic E-state index is 12.3. The molecule has 0 aliphatic rings. The second-order valence-corrected chi connectivity index (χ2v) is 8.69. The smallest absolute Gasteiger partial charge is 0.257 e. The van der Waals surface area contributed by atoms with Gasteiger partial charge in [0.25, 0.3) is 5.91 Å². The van der Waals surface area contributed by atoms with Gasteiger partial charge >= 0.3 is 0 Å². The minimum Gasteiger partial charge on any atom is -0.436 e. The number of rotatable bonds is 6. The molecule has 0 bridgehead atoms. The van der Waals surface area contributed by atoms with E-state index in [2.05, 4.69) is 48.5 Å². The molecule has 0 unspecified atom stereocenters. The van der Waals surface area contributed by atoms with E-state index in [0.717, 1.165) is 28.6 Å². The van der Waals surface area contributed by atoms with E-state index >= 15 is 0 Å². The van der Waals surface area contributed by atoms with Gasteiger partial charge in [0.05, 0.1) is 0 Å². The normalized spacial score (nSPS) is 11.0. The van der Waals surface area contributed by atoms with Gasteiger partial charge in [-0.15, -0.1) is 0 Å². The first kappa shape index (κ1) is 22.7. The summed E-state index contributed by atoms with van der Waals surface area (Å²) in [5.41, 5.74) is 6.60. The van der Waals surface area contributed by atoms with Crippen molar-refractivity contribution in [2.24, 2.45) is 0 Å². The van der Waals surface area contributed by atoms with Crippen LogP contribution in [0.25, 0.3) is 22.6 Å². The van der Waals surface area contributed by atoms with Crippen molar-refractivity contribution in [3.63, 3.8) is 0 Å². The molecule has 3 aromatic carbocycles. The van der Waals surface area contributed by atoms with Gasteiger partial charge in [0, 0.05) is 17.7 Å². The number of hydrogen-bond acceptors (Lipinski definition) is 4. The highest BCUT2D eigenvalue weighted by Gasteiger charge is 2.11. The molecule has 1 heterocycles. The number of thiocarbonyl (C=S) groups is 1. The molecule has 4 aromatic rings. The Morgan fingerprint density at radius 3 is 2.36 bits per heavy atom. The molecule has 1 aromatic heterocycles. The van der Waals surface area contributed by atoms with E-state index in [1.54, 1.807) is 0 Å². The monoisotopic (exact) mass is 457 g/mol. The molecule has 33 heavy (non-hydrogen) atoms. The summed E-state index contributed by atoms with van der Waals surface area (Å²) in [6.45, 7) is 6.90. The van der Waals surface area contributed by atoms with E-state index in [1.165, 1.54) is 11.1 Å². The molecule has 0 saturated carbocycles. The van der Waals surface area contributed by atoms with Gasteiger partial charge in [-0.1, -0.05) is 51.1 Å². The van der Waals surface area contributed by atoms with E-state index in [-0.39, 0.29) is 5.91 Å². The zero-order chi connectivity index (χ0) is 23.4. The number of aryl methyl sites for hydroxylation is 1. The van der Waals surface area contributed by atoms with Crippen LogP contribution in [0.2, 0.25) is 0 Å². The summed E-state index contributed by atoms with van der Waals surface area (Å²) < 4.78 is 5.93. The lowest BCUT2D eigenvalue weighted by molar-refractivity contribution is 0.0976. The van der Waals surface area contributed by atoms with E-state index < -0.39 is 0 Å². The largest absolute Gasteiger partial charge is 0.436 e. The summed E-state index contributed by atoms with van der Waals surface area (Å²) in [4.78, 5) is 17.0.